The molecule has 0 radical (unpaired) electrons. The Balaban J connectivity index is 1.22. The first-order chi connectivity index (χ1) is 15.6. The summed E-state index contributed by atoms with van der Waals surface area (Å²) in [5, 5.41) is 3.92. The summed E-state index contributed by atoms with van der Waals surface area (Å²) in [5.74, 6) is 1.62. The summed E-state index contributed by atoms with van der Waals surface area (Å²) in [6.07, 6.45) is 4.59. The van der Waals surface area contributed by atoms with E-state index in [2.05, 4.69) is 57.5 Å². The third-order valence-corrected chi connectivity index (χ3v) is 6.87. The molecule has 3 heterocycles. The van der Waals surface area contributed by atoms with Gasteiger partial charge in [-0.3, -0.25) is 9.69 Å². The van der Waals surface area contributed by atoms with Gasteiger partial charge in [0.1, 0.15) is 5.76 Å². The van der Waals surface area contributed by atoms with Crippen LogP contribution >= 0.6 is 11.8 Å². The number of carbonyl (C=O) groups is 1. The third-order valence-electron chi connectivity index (χ3n) is 5.79. The van der Waals surface area contributed by atoms with Gasteiger partial charge in [-0.2, -0.15) is 0 Å². The van der Waals surface area contributed by atoms with E-state index in [1.807, 2.05) is 23.9 Å². The zero-order valence-corrected chi connectivity index (χ0v) is 19.6. The molecule has 1 N–H and O–H groups in total. The van der Waals surface area contributed by atoms with Crippen molar-refractivity contribution in [2.24, 2.45) is 7.05 Å². The standard InChI is InChI=1S/C24H31N5O2S/c1-27-15-16-29(21(17-27)19-7-4-3-5-8-19)13-6-11-25-23(30)22-10-9-20(31-22)18-32-24-26-12-14-28(24)2/h3-5,7-10,12,14,21H,6,11,13,15-18H2,1-2H3,(H,25,30). The molecule has 32 heavy (non-hydrogen) atoms. The molecule has 1 aromatic carbocycles. The van der Waals surface area contributed by atoms with E-state index in [0.29, 0.717) is 24.1 Å². The molecular weight excluding hydrogens is 422 g/mol. The Bertz CT molecular complexity index is 1000. The number of hydrogen-bond donors (Lipinski definition) is 1. The fourth-order valence-electron chi connectivity index (χ4n) is 3.99. The lowest BCUT2D eigenvalue weighted by molar-refractivity contribution is 0.0857. The fourth-order valence-corrected chi connectivity index (χ4v) is 4.82. The number of imidazole rings is 1. The number of piperazine rings is 1. The Labute approximate surface area is 193 Å². The monoisotopic (exact) mass is 453 g/mol. The highest BCUT2D eigenvalue weighted by molar-refractivity contribution is 7.98. The van der Waals surface area contributed by atoms with Crippen molar-refractivity contribution in [3.05, 3.63) is 71.9 Å². The summed E-state index contributed by atoms with van der Waals surface area (Å²) < 4.78 is 7.69. The molecule has 1 fully saturated rings. The molecule has 0 aliphatic carbocycles. The second-order valence-electron chi connectivity index (χ2n) is 8.21. The SMILES string of the molecule is CN1CCN(CCCNC(=O)c2ccc(CSc3nccn3C)o2)C(c2ccccc2)C1. The Morgan fingerprint density at radius 2 is 2.03 bits per heavy atom. The zero-order valence-electron chi connectivity index (χ0n) is 18.7. The molecule has 7 nitrogen and oxygen atoms in total. The molecule has 4 rings (SSSR count). The van der Waals surface area contributed by atoms with Crippen molar-refractivity contribution in [2.75, 3.05) is 39.8 Å². The van der Waals surface area contributed by atoms with E-state index < -0.39 is 0 Å². The Morgan fingerprint density at radius 1 is 1.19 bits per heavy atom. The number of carbonyl (C=O) groups excluding carboxylic acids is 1. The Kier molecular flexibility index (Phi) is 7.68. The van der Waals surface area contributed by atoms with Crippen LogP contribution in [0.4, 0.5) is 0 Å². The summed E-state index contributed by atoms with van der Waals surface area (Å²) in [5.41, 5.74) is 1.36. The van der Waals surface area contributed by atoms with Crippen molar-refractivity contribution in [1.82, 2.24) is 24.7 Å². The molecule has 3 aromatic rings. The molecule has 2 aromatic heterocycles. The number of rotatable bonds is 9. The first kappa shape index (κ1) is 22.6. The number of furan rings is 1. The van der Waals surface area contributed by atoms with Gasteiger partial charge in [0.15, 0.2) is 10.9 Å². The zero-order chi connectivity index (χ0) is 22.3. The maximum absolute atomic E-state index is 12.5. The van der Waals surface area contributed by atoms with Crippen LogP contribution in [0, 0.1) is 0 Å². The second-order valence-corrected chi connectivity index (χ2v) is 9.15. The van der Waals surface area contributed by atoms with Crippen LogP contribution in [0.3, 0.4) is 0 Å². The van der Waals surface area contributed by atoms with Crippen molar-refractivity contribution in [3.63, 3.8) is 0 Å². The van der Waals surface area contributed by atoms with Gasteiger partial charge in [0, 0.05) is 58.2 Å². The highest BCUT2D eigenvalue weighted by Gasteiger charge is 2.26. The van der Waals surface area contributed by atoms with Crippen LogP contribution in [0.1, 0.15) is 34.3 Å². The Morgan fingerprint density at radius 3 is 2.81 bits per heavy atom. The van der Waals surface area contributed by atoms with Crippen molar-refractivity contribution in [3.8, 4) is 0 Å². The van der Waals surface area contributed by atoms with Crippen LogP contribution < -0.4 is 5.32 Å². The molecule has 1 unspecified atom stereocenters. The van der Waals surface area contributed by atoms with Crippen molar-refractivity contribution in [2.45, 2.75) is 23.4 Å². The number of aryl methyl sites for hydroxylation is 1. The van der Waals surface area contributed by atoms with Gasteiger partial charge >= 0.3 is 0 Å². The molecule has 1 amide bonds. The molecule has 1 aliphatic heterocycles. The summed E-state index contributed by atoms with van der Waals surface area (Å²) in [6, 6.07) is 14.7. The van der Waals surface area contributed by atoms with Crippen LogP contribution in [0.2, 0.25) is 0 Å². The number of amides is 1. The maximum atomic E-state index is 12.5. The van der Waals surface area contributed by atoms with Gasteiger partial charge in [0.25, 0.3) is 5.91 Å². The average molecular weight is 454 g/mol. The minimum atomic E-state index is -0.156. The van der Waals surface area contributed by atoms with E-state index in [0.717, 1.165) is 43.5 Å². The number of hydrogen-bond acceptors (Lipinski definition) is 6. The lowest BCUT2D eigenvalue weighted by Gasteiger charge is -2.40. The first-order valence-electron chi connectivity index (χ1n) is 11.0. The number of nitrogens with zero attached hydrogens (tertiary/aromatic N) is 4. The van der Waals surface area contributed by atoms with E-state index >= 15 is 0 Å². The lowest BCUT2D eigenvalue weighted by Crippen LogP contribution is -2.47. The van der Waals surface area contributed by atoms with Gasteiger partial charge in [-0.25, -0.2) is 4.98 Å². The van der Waals surface area contributed by atoms with E-state index in [9.17, 15) is 4.79 Å². The second kappa shape index (κ2) is 10.8. The van der Waals surface area contributed by atoms with Gasteiger partial charge in [0.2, 0.25) is 0 Å². The molecule has 8 heteroatoms. The van der Waals surface area contributed by atoms with Crippen LogP contribution in [0.25, 0.3) is 0 Å². The minimum Gasteiger partial charge on any atom is -0.455 e. The summed E-state index contributed by atoms with van der Waals surface area (Å²) in [6.45, 7) is 4.73. The number of aromatic nitrogens is 2. The van der Waals surface area contributed by atoms with Crippen molar-refractivity contribution in [1.29, 1.82) is 0 Å². The van der Waals surface area contributed by atoms with Gasteiger partial charge in [-0.05, 0) is 31.2 Å². The van der Waals surface area contributed by atoms with E-state index in [1.165, 1.54) is 5.56 Å². The first-order valence-corrected chi connectivity index (χ1v) is 12.0. The van der Waals surface area contributed by atoms with Crippen molar-refractivity contribution < 1.29 is 9.21 Å². The normalized spacial score (nSPS) is 17.5. The van der Waals surface area contributed by atoms with Crippen molar-refractivity contribution >= 4 is 17.7 Å². The maximum Gasteiger partial charge on any atom is 0.286 e. The van der Waals surface area contributed by atoms with Crippen LogP contribution in [0.5, 0.6) is 0 Å². The number of thioether (sulfide) groups is 1. The largest absolute Gasteiger partial charge is 0.455 e. The van der Waals surface area contributed by atoms with E-state index in [4.69, 9.17) is 4.42 Å². The number of benzene rings is 1. The Hall–Kier alpha value is -2.55. The smallest absolute Gasteiger partial charge is 0.286 e. The molecule has 0 spiro atoms. The molecular formula is C24H31N5O2S. The van der Waals surface area contributed by atoms with Crippen LogP contribution in [-0.4, -0.2) is 65.0 Å². The highest BCUT2D eigenvalue weighted by atomic mass is 32.2. The number of likely N-dealkylation sites (N-methyl/N-ethyl adjacent to an activating group) is 1. The van der Waals surface area contributed by atoms with Gasteiger partial charge in [-0.15, -0.1) is 0 Å². The molecule has 1 saturated heterocycles. The molecule has 0 bridgehead atoms. The van der Waals surface area contributed by atoms with Crippen LogP contribution in [-0.2, 0) is 12.8 Å². The minimum absolute atomic E-state index is 0.156. The van der Waals surface area contributed by atoms with Gasteiger partial charge in [-0.1, -0.05) is 42.1 Å². The quantitative estimate of drug-likeness (QED) is 0.396. The molecule has 1 atom stereocenters. The van der Waals surface area contributed by atoms with Gasteiger partial charge in [0.05, 0.1) is 5.75 Å². The van der Waals surface area contributed by atoms with E-state index in [-0.39, 0.29) is 5.91 Å². The summed E-state index contributed by atoms with van der Waals surface area (Å²) in [4.78, 5) is 21.7. The topological polar surface area (TPSA) is 66.5 Å². The van der Waals surface area contributed by atoms with Crippen LogP contribution in [0.15, 0.2) is 64.4 Å². The molecule has 170 valence electrons. The summed E-state index contributed by atoms with van der Waals surface area (Å²) >= 11 is 1.59. The lowest BCUT2D eigenvalue weighted by atomic mass is 10.0. The fraction of sp³-hybridized carbons (Fsp3) is 0.417. The third kappa shape index (κ3) is 5.82. The molecule has 0 saturated carbocycles. The predicted molar refractivity (Wildman–Crippen MR) is 127 cm³/mol. The van der Waals surface area contributed by atoms with Gasteiger partial charge < -0.3 is 19.2 Å². The average Bonchev–Trinajstić information content (AvgIpc) is 3.45. The number of nitrogens with one attached hydrogen (secondary N) is 1. The van der Waals surface area contributed by atoms with E-state index in [1.54, 1.807) is 24.0 Å². The highest BCUT2D eigenvalue weighted by Crippen LogP contribution is 2.25. The summed E-state index contributed by atoms with van der Waals surface area (Å²) in [7, 11) is 4.14. The predicted octanol–water partition coefficient (Wildman–Crippen LogP) is 3.41. The molecule has 1 aliphatic rings.